The van der Waals surface area contributed by atoms with Gasteiger partial charge in [0.15, 0.2) is 0 Å². The molecule has 1 saturated heterocycles. The van der Waals surface area contributed by atoms with Gasteiger partial charge in [-0.25, -0.2) is 0 Å². The highest BCUT2D eigenvalue weighted by Crippen LogP contribution is 2.30. The fraction of sp³-hybridized carbons (Fsp3) is 0.615. The zero-order valence-electron chi connectivity index (χ0n) is 10.9. The van der Waals surface area contributed by atoms with E-state index in [1.165, 1.54) is 5.56 Å². The first kappa shape index (κ1) is 15.0. The summed E-state index contributed by atoms with van der Waals surface area (Å²) in [5.74, 6) is -0.745. The largest absolute Gasteiger partial charge is 0.481 e. The molecular formula is C13H18BrNO3S. The van der Waals surface area contributed by atoms with Crippen molar-refractivity contribution in [3.05, 3.63) is 20.8 Å². The molecule has 106 valence electrons. The van der Waals surface area contributed by atoms with Gasteiger partial charge in [-0.3, -0.25) is 4.79 Å². The minimum Gasteiger partial charge on any atom is -0.481 e. The van der Waals surface area contributed by atoms with Crippen molar-refractivity contribution in [2.75, 3.05) is 26.8 Å². The van der Waals surface area contributed by atoms with E-state index in [4.69, 9.17) is 4.74 Å². The van der Waals surface area contributed by atoms with Gasteiger partial charge in [0.05, 0.1) is 10.4 Å². The number of carboxylic acid groups (broad SMARTS) is 1. The summed E-state index contributed by atoms with van der Waals surface area (Å²) in [6.45, 7) is 2.28. The maximum Gasteiger partial charge on any atom is 0.313 e. The van der Waals surface area contributed by atoms with E-state index in [1.54, 1.807) is 11.3 Å². The second-order valence-electron chi connectivity index (χ2n) is 5.17. The molecule has 0 amide bonds. The van der Waals surface area contributed by atoms with Crippen molar-refractivity contribution >= 4 is 33.2 Å². The smallest absolute Gasteiger partial charge is 0.313 e. The lowest BCUT2D eigenvalue weighted by Gasteiger charge is -2.36. The van der Waals surface area contributed by atoms with Crippen molar-refractivity contribution in [3.8, 4) is 0 Å². The zero-order chi connectivity index (χ0) is 13.9. The molecule has 1 fully saturated rings. The van der Waals surface area contributed by atoms with Crippen LogP contribution in [0.25, 0.3) is 0 Å². The second kappa shape index (κ2) is 6.35. The number of halogens is 1. The number of rotatable bonds is 5. The van der Waals surface area contributed by atoms with E-state index < -0.39 is 11.4 Å². The Morgan fingerprint density at radius 1 is 1.68 bits per heavy atom. The van der Waals surface area contributed by atoms with Crippen LogP contribution in [0.4, 0.5) is 0 Å². The predicted molar refractivity (Wildman–Crippen MR) is 78.5 cm³/mol. The molecule has 0 bridgehead atoms. The van der Waals surface area contributed by atoms with Crippen LogP contribution in [0.15, 0.2) is 15.2 Å². The highest BCUT2D eigenvalue weighted by atomic mass is 79.9. The van der Waals surface area contributed by atoms with Crippen LogP contribution in [0.5, 0.6) is 0 Å². The van der Waals surface area contributed by atoms with Crippen LogP contribution in [0, 0.1) is 5.41 Å². The number of aliphatic carboxylic acids is 1. The Hall–Kier alpha value is -0.430. The molecule has 1 unspecified atom stereocenters. The van der Waals surface area contributed by atoms with Crippen LogP contribution >= 0.6 is 27.3 Å². The normalized spacial score (nSPS) is 23.7. The fourth-order valence-corrected chi connectivity index (χ4v) is 3.73. The van der Waals surface area contributed by atoms with Gasteiger partial charge in [-0.2, -0.15) is 0 Å². The third-order valence-electron chi connectivity index (χ3n) is 3.42. The molecule has 1 N–H and O–H groups in total. The molecule has 19 heavy (non-hydrogen) atoms. The van der Waals surface area contributed by atoms with Gasteiger partial charge in [0, 0.05) is 19.7 Å². The lowest BCUT2D eigenvalue weighted by atomic mass is 9.82. The first-order valence-electron chi connectivity index (χ1n) is 6.24. The summed E-state index contributed by atoms with van der Waals surface area (Å²) >= 11 is 5.09. The number of hydrogen-bond donors (Lipinski definition) is 1. The van der Waals surface area contributed by atoms with Crippen LogP contribution in [-0.4, -0.2) is 42.8 Å². The van der Waals surface area contributed by atoms with Crippen LogP contribution in [0.2, 0.25) is 0 Å². The summed E-state index contributed by atoms with van der Waals surface area (Å²) in [5.41, 5.74) is 0.455. The summed E-state index contributed by atoms with van der Waals surface area (Å²) in [6.07, 6.45) is 1.52. The molecule has 0 aromatic carbocycles. The summed E-state index contributed by atoms with van der Waals surface area (Å²) in [4.78, 5) is 13.6. The lowest BCUT2D eigenvalue weighted by molar-refractivity contribution is -0.159. The third-order valence-corrected chi connectivity index (χ3v) is 4.98. The molecule has 0 aliphatic carbocycles. The summed E-state index contributed by atoms with van der Waals surface area (Å²) < 4.78 is 6.49. The van der Waals surface area contributed by atoms with Gasteiger partial charge in [0.1, 0.15) is 5.41 Å². The Bertz CT molecular complexity index is 443. The molecule has 0 radical (unpaired) electrons. The van der Waals surface area contributed by atoms with E-state index in [0.29, 0.717) is 26.2 Å². The average molecular weight is 348 g/mol. The zero-order valence-corrected chi connectivity index (χ0v) is 13.3. The van der Waals surface area contributed by atoms with E-state index in [1.807, 2.05) is 7.05 Å². The number of thiophene rings is 1. The summed E-state index contributed by atoms with van der Waals surface area (Å²) in [6, 6.07) is 2.08. The van der Waals surface area contributed by atoms with E-state index >= 15 is 0 Å². The van der Waals surface area contributed by atoms with Crippen LogP contribution in [0.3, 0.4) is 0 Å². The quantitative estimate of drug-likeness (QED) is 0.889. The lowest BCUT2D eigenvalue weighted by Crippen LogP contribution is -2.47. The number of nitrogens with zero attached hydrogens (tertiary/aromatic N) is 1. The first-order chi connectivity index (χ1) is 9.02. The van der Waals surface area contributed by atoms with Crippen LogP contribution in [-0.2, 0) is 16.1 Å². The van der Waals surface area contributed by atoms with Gasteiger partial charge in [-0.05, 0) is 52.8 Å². The van der Waals surface area contributed by atoms with Crippen molar-refractivity contribution in [3.63, 3.8) is 0 Å². The SMILES string of the molecule is CN(Cc1csc(Br)c1)CC1(C(=O)O)CCCOC1. The number of carbonyl (C=O) groups is 1. The topological polar surface area (TPSA) is 49.8 Å². The van der Waals surface area contributed by atoms with E-state index in [9.17, 15) is 9.90 Å². The van der Waals surface area contributed by atoms with Gasteiger partial charge >= 0.3 is 5.97 Å². The van der Waals surface area contributed by atoms with E-state index in [2.05, 4.69) is 32.3 Å². The van der Waals surface area contributed by atoms with Gasteiger partial charge in [-0.15, -0.1) is 11.3 Å². The van der Waals surface area contributed by atoms with Gasteiger partial charge < -0.3 is 14.7 Å². The van der Waals surface area contributed by atoms with Crippen molar-refractivity contribution in [2.45, 2.75) is 19.4 Å². The summed E-state index contributed by atoms with van der Waals surface area (Å²) in [5, 5.41) is 11.6. The predicted octanol–water partition coefficient (Wildman–Crippen LogP) is 2.82. The van der Waals surface area contributed by atoms with E-state index in [0.717, 1.165) is 16.8 Å². The number of hydrogen-bond acceptors (Lipinski definition) is 4. The monoisotopic (exact) mass is 347 g/mol. The molecule has 1 aliphatic rings. The highest BCUT2D eigenvalue weighted by molar-refractivity contribution is 9.11. The highest BCUT2D eigenvalue weighted by Gasteiger charge is 2.41. The maximum atomic E-state index is 11.6. The van der Waals surface area contributed by atoms with Crippen LogP contribution < -0.4 is 0 Å². The molecule has 1 aromatic rings. The minimum atomic E-state index is -0.750. The Labute approximate surface area is 125 Å². The first-order valence-corrected chi connectivity index (χ1v) is 7.92. The molecule has 1 aromatic heterocycles. The molecule has 0 saturated carbocycles. The molecule has 1 aliphatic heterocycles. The maximum absolute atomic E-state index is 11.6. The third kappa shape index (κ3) is 3.78. The van der Waals surface area contributed by atoms with Crippen molar-refractivity contribution in [1.82, 2.24) is 4.90 Å². The number of carboxylic acids is 1. The molecule has 6 heteroatoms. The standard InChI is InChI=1S/C13H18BrNO3S/c1-15(6-10-5-11(14)19-7-10)8-13(12(16)17)3-2-4-18-9-13/h5,7H,2-4,6,8-9H2,1H3,(H,16,17). The molecule has 4 nitrogen and oxygen atoms in total. The van der Waals surface area contributed by atoms with Gasteiger partial charge in [-0.1, -0.05) is 0 Å². The second-order valence-corrected chi connectivity index (χ2v) is 7.46. The van der Waals surface area contributed by atoms with E-state index in [-0.39, 0.29) is 0 Å². The fourth-order valence-electron chi connectivity index (χ4n) is 2.53. The van der Waals surface area contributed by atoms with Crippen molar-refractivity contribution < 1.29 is 14.6 Å². The Morgan fingerprint density at radius 3 is 3.00 bits per heavy atom. The van der Waals surface area contributed by atoms with Gasteiger partial charge in [0.2, 0.25) is 0 Å². The minimum absolute atomic E-state index is 0.319. The summed E-state index contributed by atoms with van der Waals surface area (Å²) in [7, 11) is 1.96. The van der Waals surface area contributed by atoms with Gasteiger partial charge in [0.25, 0.3) is 0 Å². The number of ether oxygens (including phenoxy) is 1. The van der Waals surface area contributed by atoms with Crippen molar-refractivity contribution in [1.29, 1.82) is 0 Å². The molecule has 1 atom stereocenters. The molecule has 2 rings (SSSR count). The molecule has 0 spiro atoms. The Kier molecular flexibility index (Phi) is 5.00. The van der Waals surface area contributed by atoms with Crippen LogP contribution in [0.1, 0.15) is 18.4 Å². The average Bonchev–Trinajstić information content (AvgIpc) is 2.75. The molecule has 2 heterocycles. The van der Waals surface area contributed by atoms with Crippen molar-refractivity contribution in [2.24, 2.45) is 5.41 Å². The molecular weight excluding hydrogens is 330 g/mol. The Balaban J connectivity index is 1.98. The Morgan fingerprint density at radius 2 is 2.47 bits per heavy atom.